The molecule has 2 aliphatic rings. The normalized spacial score (nSPS) is 19.0. The van der Waals surface area contributed by atoms with Crippen LogP contribution in [0.2, 0.25) is 0 Å². The van der Waals surface area contributed by atoms with Crippen molar-refractivity contribution in [3.05, 3.63) is 88.1 Å². The highest BCUT2D eigenvalue weighted by atomic mass is 31.1. The van der Waals surface area contributed by atoms with Gasteiger partial charge in [-0.15, -0.1) is 0 Å². The maximum absolute atomic E-state index is 14.7. The quantitative estimate of drug-likeness (QED) is 0.240. The van der Waals surface area contributed by atoms with Crippen molar-refractivity contribution in [2.45, 2.75) is 85.4 Å². The molecule has 0 saturated carbocycles. The Morgan fingerprint density at radius 3 is 2.40 bits per heavy atom. The third-order valence-electron chi connectivity index (χ3n) is 6.70. The first kappa shape index (κ1) is 36.3. The lowest BCUT2D eigenvalue weighted by molar-refractivity contribution is -0.138. The van der Waals surface area contributed by atoms with Gasteiger partial charge in [0.1, 0.15) is 5.82 Å². The van der Waals surface area contributed by atoms with E-state index in [2.05, 4.69) is 36.1 Å². The molecule has 0 aromatic heterocycles. The monoisotopic (exact) mass is 620 g/mol. The van der Waals surface area contributed by atoms with Crippen LogP contribution in [0.25, 0.3) is 0 Å². The number of hydrogen-bond donors (Lipinski definition) is 2. The fourth-order valence-corrected chi connectivity index (χ4v) is 5.90. The van der Waals surface area contributed by atoms with Crippen LogP contribution in [0.5, 0.6) is 0 Å². The lowest BCUT2D eigenvalue weighted by Crippen LogP contribution is -2.31. The lowest BCUT2D eigenvalue weighted by Gasteiger charge is -2.25. The number of rotatable bonds is 7. The standard InChI is InChI=1S/C28H31F4N4OP.C3H8.C2H6/c1-4-25-18(3)38-26(15-33-25)34-17(2)22-14-21(9-10-24(22)29)35-27(37)19-7-8-20(16-36-11-5-6-12-36)23(13-19)28(30,31)32;1-3-2;1-2/h4,7-10,13-15,17,26,34,38H,3,5-6,11-12,16H2,1-2H3,(H,35,37);3H2,1-2H3;1-2H3/b25-4+;;. The predicted octanol–water partition coefficient (Wildman–Crippen LogP) is 9.29. The predicted molar refractivity (Wildman–Crippen MR) is 173 cm³/mol. The van der Waals surface area contributed by atoms with E-state index in [0.29, 0.717) is 14.1 Å². The number of nitrogens with zero attached hydrogens (tertiary/aromatic N) is 2. The van der Waals surface area contributed by atoms with Gasteiger partial charge in [0.25, 0.3) is 5.91 Å². The Labute approximate surface area is 255 Å². The van der Waals surface area contributed by atoms with Crippen LogP contribution in [0.15, 0.2) is 65.1 Å². The van der Waals surface area contributed by atoms with E-state index >= 15 is 0 Å². The molecule has 2 aromatic carbocycles. The fraction of sp³-hybridized carbons (Fsp3) is 0.455. The second kappa shape index (κ2) is 17.4. The Hall–Kier alpha value is -2.87. The fourth-order valence-electron chi connectivity index (χ4n) is 4.68. The first-order chi connectivity index (χ1) is 20.5. The number of carbonyl (C=O) groups is 1. The number of benzene rings is 2. The molecule has 3 atom stereocenters. The highest BCUT2D eigenvalue weighted by molar-refractivity contribution is 7.45. The van der Waals surface area contributed by atoms with Crippen LogP contribution in [0.1, 0.15) is 93.9 Å². The van der Waals surface area contributed by atoms with Gasteiger partial charge in [0.05, 0.1) is 17.0 Å². The average molecular weight is 621 g/mol. The van der Waals surface area contributed by atoms with Gasteiger partial charge in [0, 0.05) is 35.6 Å². The summed E-state index contributed by atoms with van der Waals surface area (Å²) >= 11 is 0. The summed E-state index contributed by atoms with van der Waals surface area (Å²) in [7, 11) is 0.346. The number of amides is 1. The number of likely N-dealkylation sites (tertiary alicyclic amines) is 1. The molecule has 236 valence electrons. The SMILES string of the molecule is C=C1PC(NC(C)c2cc(NC(=O)c3ccc(CN4CCCC4)c(C(F)(F)F)c3)ccc2F)C=N/C1=C/C.CC.CCC. The van der Waals surface area contributed by atoms with Crippen molar-refractivity contribution in [1.29, 1.82) is 0 Å². The summed E-state index contributed by atoms with van der Waals surface area (Å²) in [5.74, 6) is -1.27. The van der Waals surface area contributed by atoms with E-state index in [4.69, 9.17) is 0 Å². The zero-order chi connectivity index (χ0) is 32.2. The van der Waals surface area contributed by atoms with Crippen LogP contribution in [0.3, 0.4) is 0 Å². The van der Waals surface area contributed by atoms with Crippen molar-refractivity contribution in [3.8, 4) is 0 Å². The molecule has 5 nitrogen and oxygen atoms in total. The molecular weight excluding hydrogens is 575 g/mol. The summed E-state index contributed by atoms with van der Waals surface area (Å²) in [4.78, 5) is 19.3. The van der Waals surface area contributed by atoms with E-state index < -0.39 is 29.5 Å². The molecule has 0 spiro atoms. The lowest BCUT2D eigenvalue weighted by atomic mass is 10.0. The Morgan fingerprint density at radius 1 is 1.16 bits per heavy atom. The first-order valence-corrected chi connectivity index (χ1v) is 16.0. The van der Waals surface area contributed by atoms with Crippen LogP contribution in [-0.4, -0.2) is 35.9 Å². The van der Waals surface area contributed by atoms with Gasteiger partial charge in [0.15, 0.2) is 0 Å². The van der Waals surface area contributed by atoms with E-state index in [1.54, 1.807) is 13.1 Å². The number of hydrogen-bond acceptors (Lipinski definition) is 4. The van der Waals surface area contributed by atoms with E-state index in [1.165, 1.54) is 36.8 Å². The number of anilines is 1. The van der Waals surface area contributed by atoms with Crippen molar-refractivity contribution in [3.63, 3.8) is 0 Å². The topological polar surface area (TPSA) is 56.7 Å². The molecule has 2 heterocycles. The molecule has 0 radical (unpaired) electrons. The van der Waals surface area contributed by atoms with Crippen molar-refractivity contribution < 1.29 is 22.4 Å². The van der Waals surface area contributed by atoms with E-state index in [1.807, 2.05) is 31.7 Å². The summed E-state index contributed by atoms with van der Waals surface area (Å²) in [5, 5.41) is 6.84. The Bertz CT molecular complexity index is 1290. The molecule has 2 N–H and O–H groups in total. The second-order valence-corrected chi connectivity index (χ2v) is 11.7. The molecule has 0 aliphatic carbocycles. The average Bonchev–Trinajstić information content (AvgIpc) is 3.48. The summed E-state index contributed by atoms with van der Waals surface area (Å²) in [6, 6.07) is 7.36. The van der Waals surface area contributed by atoms with Gasteiger partial charge in [-0.05, 0) is 81.0 Å². The highest BCUT2D eigenvalue weighted by Gasteiger charge is 2.34. The van der Waals surface area contributed by atoms with Crippen molar-refractivity contribution >= 4 is 26.4 Å². The van der Waals surface area contributed by atoms with Crippen LogP contribution in [-0.2, 0) is 12.7 Å². The van der Waals surface area contributed by atoms with Gasteiger partial charge in [-0.3, -0.25) is 20.0 Å². The van der Waals surface area contributed by atoms with Crippen LogP contribution >= 0.6 is 8.58 Å². The minimum Gasteiger partial charge on any atom is -0.322 e. The molecule has 1 fully saturated rings. The molecule has 1 saturated heterocycles. The Kier molecular flexibility index (Phi) is 14.7. The zero-order valence-corrected chi connectivity index (χ0v) is 27.0. The minimum absolute atomic E-state index is 0.112. The summed E-state index contributed by atoms with van der Waals surface area (Å²) < 4.78 is 56.1. The van der Waals surface area contributed by atoms with Gasteiger partial charge in [-0.2, -0.15) is 13.2 Å². The van der Waals surface area contributed by atoms with Gasteiger partial charge < -0.3 is 5.32 Å². The van der Waals surface area contributed by atoms with E-state index in [9.17, 15) is 22.4 Å². The summed E-state index contributed by atoms with van der Waals surface area (Å²) in [6.07, 6.45) is 2.26. The van der Waals surface area contributed by atoms with Crippen LogP contribution in [0.4, 0.5) is 23.2 Å². The van der Waals surface area contributed by atoms with E-state index in [-0.39, 0.29) is 29.1 Å². The Balaban J connectivity index is 0.00000121. The van der Waals surface area contributed by atoms with E-state index in [0.717, 1.165) is 43.0 Å². The maximum Gasteiger partial charge on any atom is 0.416 e. The third kappa shape index (κ3) is 10.7. The Morgan fingerprint density at radius 2 is 1.81 bits per heavy atom. The summed E-state index contributed by atoms with van der Waals surface area (Å²) in [5.41, 5.74) is 0.666. The molecule has 2 aromatic rings. The molecule has 43 heavy (non-hydrogen) atoms. The zero-order valence-electron chi connectivity index (χ0n) is 26.0. The minimum atomic E-state index is -4.59. The second-order valence-electron chi connectivity index (χ2n) is 10.2. The van der Waals surface area contributed by atoms with Crippen molar-refractivity contribution in [1.82, 2.24) is 10.2 Å². The van der Waals surface area contributed by atoms with Crippen LogP contribution < -0.4 is 10.6 Å². The number of nitrogens with one attached hydrogen (secondary N) is 2. The number of allylic oxidation sites excluding steroid dienone is 2. The number of carbonyl (C=O) groups excluding carboxylic acids is 1. The van der Waals surface area contributed by atoms with Gasteiger partial charge in [-0.1, -0.05) is 61.4 Å². The molecule has 0 bridgehead atoms. The van der Waals surface area contributed by atoms with Crippen molar-refractivity contribution in [2.24, 2.45) is 4.99 Å². The van der Waals surface area contributed by atoms with Gasteiger partial charge in [0.2, 0.25) is 0 Å². The number of halogens is 4. The first-order valence-electron chi connectivity index (χ1n) is 14.9. The van der Waals surface area contributed by atoms with Crippen molar-refractivity contribution in [2.75, 3.05) is 18.4 Å². The maximum atomic E-state index is 14.7. The molecule has 3 unspecified atom stereocenters. The molecular formula is C33H45F4N4OP. The third-order valence-corrected chi connectivity index (χ3v) is 7.93. The molecule has 10 heteroatoms. The van der Waals surface area contributed by atoms with Crippen LogP contribution in [0, 0.1) is 5.82 Å². The van der Waals surface area contributed by atoms with Gasteiger partial charge in [-0.25, -0.2) is 4.39 Å². The summed E-state index contributed by atoms with van der Waals surface area (Å²) in [6.45, 7) is 17.7. The molecule has 1 amide bonds. The highest BCUT2D eigenvalue weighted by Crippen LogP contribution is 2.37. The number of aliphatic imine (C=N–C) groups is 1. The number of alkyl halides is 3. The molecule has 2 aliphatic heterocycles. The largest absolute Gasteiger partial charge is 0.416 e. The smallest absolute Gasteiger partial charge is 0.322 e. The molecule has 4 rings (SSSR count). The van der Waals surface area contributed by atoms with Gasteiger partial charge >= 0.3 is 6.18 Å².